The van der Waals surface area contributed by atoms with E-state index in [0.717, 1.165) is 25.7 Å². The van der Waals surface area contributed by atoms with Crippen molar-refractivity contribution in [3.8, 4) is 0 Å². The molecule has 1 saturated carbocycles. The summed E-state index contributed by atoms with van der Waals surface area (Å²) in [6, 6.07) is 10.5. The van der Waals surface area contributed by atoms with Gasteiger partial charge in [0, 0.05) is 6.04 Å². The van der Waals surface area contributed by atoms with E-state index in [-0.39, 0.29) is 17.9 Å². The van der Waals surface area contributed by atoms with E-state index in [1.54, 1.807) is 0 Å². The highest BCUT2D eigenvalue weighted by atomic mass is 16.5. The Morgan fingerprint density at radius 3 is 2.67 bits per heavy atom. The fourth-order valence-corrected chi connectivity index (χ4v) is 2.82. The summed E-state index contributed by atoms with van der Waals surface area (Å²) >= 11 is 0. The molecule has 0 heterocycles. The summed E-state index contributed by atoms with van der Waals surface area (Å²) in [5.41, 5.74) is 7.53. The zero-order valence-electron chi connectivity index (χ0n) is 10.8. The molecule has 1 aromatic carbocycles. The maximum absolute atomic E-state index is 11.5. The van der Waals surface area contributed by atoms with Crippen molar-refractivity contribution in [3.05, 3.63) is 35.9 Å². The first-order valence-electron chi connectivity index (χ1n) is 6.58. The van der Waals surface area contributed by atoms with Gasteiger partial charge < -0.3 is 10.5 Å². The van der Waals surface area contributed by atoms with Crippen LogP contribution in [0.2, 0.25) is 0 Å². The average Bonchev–Trinajstić information content (AvgIpc) is 2.41. The van der Waals surface area contributed by atoms with Crippen LogP contribution in [0.1, 0.15) is 24.8 Å². The lowest BCUT2D eigenvalue weighted by Gasteiger charge is -2.32. The number of rotatable bonds is 3. The van der Waals surface area contributed by atoms with E-state index >= 15 is 0 Å². The molecule has 0 aliphatic heterocycles. The van der Waals surface area contributed by atoms with Gasteiger partial charge in [-0.05, 0) is 37.2 Å². The van der Waals surface area contributed by atoms with E-state index in [1.807, 2.05) is 6.07 Å². The Labute approximate surface area is 108 Å². The third-order valence-electron chi connectivity index (χ3n) is 3.92. The number of methoxy groups -OCH3 is 1. The van der Waals surface area contributed by atoms with E-state index < -0.39 is 0 Å². The molecule has 3 nitrogen and oxygen atoms in total. The Morgan fingerprint density at radius 1 is 1.33 bits per heavy atom. The largest absolute Gasteiger partial charge is 0.469 e. The van der Waals surface area contributed by atoms with E-state index in [2.05, 4.69) is 24.3 Å². The predicted molar refractivity (Wildman–Crippen MR) is 71.0 cm³/mol. The van der Waals surface area contributed by atoms with E-state index in [9.17, 15) is 4.79 Å². The number of hydrogen-bond donors (Lipinski definition) is 1. The van der Waals surface area contributed by atoms with Gasteiger partial charge in [0.25, 0.3) is 0 Å². The van der Waals surface area contributed by atoms with E-state index in [4.69, 9.17) is 10.5 Å². The molecule has 0 aromatic heterocycles. The fraction of sp³-hybridized carbons (Fsp3) is 0.533. The summed E-state index contributed by atoms with van der Waals surface area (Å²) < 4.78 is 4.80. The minimum absolute atomic E-state index is 0.00276. The lowest BCUT2D eigenvalue weighted by molar-refractivity contribution is -0.147. The van der Waals surface area contributed by atoms with Gasteiger partial charge in [0.1, 0.15) is 0 Å². The smallest absolute Gasteiger partial charge is 0.308 e. The van der Waals surface area contributed by atoms with Crippen molar-refractivity contribution in [2.45, 2.75) is 31.7 Å². The molecule has 1 fully saturated rings. The normalized spacial score (nSPS) is 27.8. The second kappa shape index (κ2) is 6.01. The van der Waals surface area contributed by atoms with Gasteiger partial charge in [-0.3, -0.25) is 4.79 Å². The molecule has 98 valence electrons. The molecule has 0 unspecified atom stereocenters. The molecule has 0 spiro atoms. The van der Waals surface area contributed by atoms with E-state index in [1.165, 1.54) is 12.7 Å². The molecular formula is C15H21NO2. The zero-order chi connectivity index (χ0) is 13.0. The highest BCUT2D eigenvalue weighted by Gasteiger charge is 2.32. The number of nitrogens with two attached hydrogens (primary N) is 1. The molecule has 18 heavy (non-hydrogen) atoms. The molecule has 3 heteroatoms. The number of benzene rings is 1. The Hall–Kier alpha value is -1.35. The van der Waals surface area contributed by atoms with Crippen LogP contribution in [0.5, 0.6) is 0 Å². The standard InChI is InChI=1S/C15H21NO2/c1-18-15(17)13-8-7-12(14(16)10-13)9-11-5-3-2-4-6-11/h2-6,12-14H,7-10,16H2,1H3/t12-,13-,14+/m0/s1. The second-order valence-corrected chi connectivity index (χ2v) is 5.15. The molecule has 3 atom stereocenters. The monoisotopic (exact) mass is 247 g/mol. The van der Waals surface area contributed by atoms with Crippen LogP contribution in [0.25, 0.3) is 0 Å². The minimum atomic E-state index is -0.108. The first kappa shape index (κ1) is 13.1. The van der Waals surface area contributed by atoms with Crippen molar-refractivity contribution in [1.29, 1.82) is 0 Å². The topological polar surface area (TPSA) is 52.3 Å². The van der Waals surface area contributed by atoms with Gasteiger partial charge in [-0.2, -0.15) is 0 Å². The van der Waals surface area contributed by atoms with E-state index in [0.29, 0.717) is 5.92 Å². The third-order valence-corrected chi connectivity index (χ3v) is 3.92. The van der Waals surface area contributed by atoms with Crippen LogP contribution in [-0.4, -0.2) is 19.1 Å². The number of carbonyl (C=O) groups is 1. The van der Waals surface area contributed by atoms with Gasteiger partial charge in [0.05, 0.1) is 13.0 Å². The van der Waals surface area contributed by atoms with Gasteiger partial charge in [-0.25, -0.2) is 0 Å². The highest BCUT2D eigenvalue weighted by molar-refractivity contribution is 5.72. The summed E-state index contributed by atoms with van der Waals surface area (Å²) in [7, 11) is 1.45. The van der Waals surface area contributed by atoms with Crippen molar-refractivity contribution in [2.75, 3.05) is 7.11 Å². The molecule has 1 aliphatic carbocycles. The number of esters is 1. The third kappa shape index (κ3) is 3.10. The first-order chi connectivity index (χ1) is 8.70. The molecule has 0 saturated heterocycles. The number of ether oxygens (including phenoxy) is 1. The molecule has 0 amide bonds. The van der Waals surface area contributed by atoms with Crippen LogP contribution >= 0.6 is 0 Å². The first-order valence-corrected chi connectivity index (χ1v) is 6.58. The Kier molecular flexibility index (Phi) is 4.37. The zero-order valence-corrected chi connectivity index (χ0v) is 10.8. The number of hydrogen-bond acceptors (Lipinski definition) is 3. The average molecular weight is 247 g/mol. The van der Waals surface area contributed by atoms with Gasteiger partial charge in [0.2, 0.25) is 0 Å². The van der Waals surface area contributed by atoms with Crippen molar-refractivity contribution in [2.24, 2.45) is 17.6 Å². The molecule has 1 aromatic rings. The van der Waals surface area contributed by atoms with Gasteiger partial charge >= 0.3 is 5.97 Å². The lowest BCUT2D eigenvalue weighted by atomic mass is 9.76. The second-order valence-electron chi connectivity index (χ2n) is 5.15. The maximum atomic E-state index is 11.5. The van der Waals surface area contributed by atoms with Crippen LogP contribution < -0.4 is 5.73 Å². The summed E-state index contributed by atoms with van der Waals surface area (Å²) in [5.74, 6) is 0.369. The summed E-state index contributed by atoms with van der Waals surface area (Å²) in [5, 5.41) is 0. The fourth-order valence-electron chi connectivity index (χ4n) is 2.82. The van der Waals surface area contributed by atoms with Gasteiger partial charge in [0.15, 0.2) is 0 Å². The molecule has 2 N–H and O–H groups in total. The Bertz CT molecular complexity index is 391. The quantitative estimate of drug-likeness (QED) is 0.833. The summed E-state index contributed by atoms with van der Waals surface area (Å²) in [6.07, 6.45) is 3.67. The Balaban J connectivity index is 1.92. The van der Waals surface area contributed by atoms with Crippen LogP contribution in [0.3, 0.4) is 0 Å². The SMILES string of the molecule is COC(=O)[C@H]1CC[C@@H](Cc2ccccc2)[C@H](N)C1. The molecule has 2 rings (SSSR count). The van der Waals surface area contributed by atoms with Crippen molar-refractivity contribution < 1.29 is 9.53 Å². The van der Waals surface area contributed by atoms with Crippen LogP contribution in [0, 0.1) is 11.8 Å². The maximum Gasteiger partial charge on any atom is 0.308 e. The van der Waals surface area contributed by atoms with Crippen LogP contribution in [0.4, 0.5) is 0 Å². The van der Waals surface area contributed by atoms with Crippen molar-refractivity contribution in [3.63, 3.8) is 0 Å². The molecular weight excluding hydrogens is 226 g/mol. The summed E-state index contributed by atoms with van der Waals surface area (Å²) in [4.78, 5) is 11.5. The van der Waals surface area contributed by atoms with Crippen LogP contribution in [0.15, 0.2) is 30.3 Å². The molecule has 0 radical (unpaired) electrons. The Morgan fingerprint density at radius 2 is 2.06 bits per heavy atom. The molecule has 1 aliphatic rings. The summed E-state index contributed by atoms with van der Waals surface area (Å²) in [6.45, 7) is 0. The molecule has 0 bridgehead atoms. The van der Waals surface area contributed by atoms with Gasteiger partial charge in [-0.15, -0.1) is 0 Å². The van der Waals surface area contributed by atoms with Crippen molar-refractivity contribution >= 4 is 5.97 Å². The minimum Gasteiger partial charge on any atom is -0.469 e. The lowest BCUT2D eigenvalue weighted by Crippen LogP contribution is -2.40. The van der Waals surface area contributed by atoms with Crippen LogP contribution in [-0.2, 0) is 16.0 Å². The predicted octanol–water partition coefficient (Wildman–Crippen LogP) is 2.15. The highest BCUT2D eigenvalue weighted by Crippen LogP contribution is 2.31. The van der Waals surface area contributed by atoms with Gasteiger partial charge in [-0.1, -0.05) is 30.3 Å². The van der Waals surface area contributed by atoms with Crippen molar-refractivity contribution in [1.82, 2.24) is 0 Å². The number of carbonyl (C=O) groups excluding carboxylic acids is 1.